The number of rotatable bonds is 4. The van der Waals surface area contributed by atoms with Gasteiger partial charge in [0.2, 0.25) is 0 Å². The van der Waals surface area contributed by atoms with Crippen LogP contribution in [0.4, 0.5) is 0 Å². The van der Waals surface area contributed by atoms with Gasteiger partial charge in [-0.2, -0.15) is 0 Å². The van der Waals surface area contributed by atoms with E-state index in [0.717, 1.165) is 0 Å². The summed E-state index contributed by atoms with van der Waals surface area (Å²) in [4.78, 5) is 42.3. The minimum absolute atomic E-state index is 0.147. The zero-order chi connectivity index (χ0) is 12.6. The summed E-state index contributed by atoms with van der Waals surface area (Å²) >= 11 is 0. The number of aliphatic hydroxyl groups is 1. The average Bonchev–Trinajstić information content (AvgIpc) is 2.52. The predicted octanol–water partition coefficient (Wildman–Crippen LogP) is -1.14. The molecule has 16 heavy (non-hydrogen) atoms. The van der Waals surface area contributed by atoms with Crippen molar-refractivity contribution >= 4 is 27.2 Å². The zero-order valence-corrected chi connectivity index (χ0v) is 9.62. The summed E-state index contributed by atoms with van der Waals surface area (Å²) in [6.45, 7) is 0.147. The Balaban J connectivity index is 3.12. The second-order valence-corrected chi connectivity index (χ2v) is 7.12. The van der Waals surface area contributed by atoms with Crippen molar-refractivity contribution in [3.8, 4) is 0 Å². The van der Waals surface area contributed by atoms with E-state index in [-0.39, 0.29) is 12.4 Å². The van der Waals surface area contributed by atoms with Gasteiger partial charge >= 0.3 is 15.2 Å². The van der Waals surface area contributed by atoms with Crippen molar-refractivity contribution in [2.75, 3.05) is 6.54 Å². The van der Waals surface area contributed by atoms with Crippen molar-refractivity contribution in [1.82, 2.24) is 0 Å². The van der Waals surface area contributed by atoms with E-state index < -0.39 is 26.7 Å². The maximum atomic E-state index is 10.9. The van der Waals surface area contributed by atoms with Crippen LogP contribution in [0.25, 0.3) is 0 Å². The Morgan fingerprint density at radius 1 is 1.25 bits per heavy atom. The summed E-state index contributed by atoms with van der Waals surface area (Å²) in [6, 6.07) is 0. The molecule has 0 fully saturated rings. The van der Waals surface area contributed by atoms with Gasteiger partial charge in [0.25, 0.3) is 5.08 Å². The summed E-state index contributed by atoms with van der Waals surface area (Å²) in [5, 5.41) is 5.99. The highest BCUT2D eigenvalue weighted by atomic mass is 31.2. The van der Waals surface area contributed by atoms with Crippen LogP contribution in [0.15, 0.2) is 9.98 Å². The van der Waals surface area contributed by atoms with Crippen LogP contribution in [0, 0.1) is 0 Å². The first-order valence-corrected chi connectivity index (χ1v) is 7.20. The molecule has 0 unspecified atom stereocenters. The summed E-state index contributed by atoms with van der Waals surface area (Å²) in [6.07, 6.45) is 0.285. The SMILES string of the molecule is O=P(O)(O)C(O)(CC1=NCC=N1)P(=O)(O)O. The molecule has 92 valence electrons. The third-order valence-corrected chi connectivity index (χ3v) is 5.67. The predicted molar refractivity (Wildman–Crippen MR) is 54.4 cm³/mol. The molecule has 5 N–H and O–H groups in total. The van der Waals surface area contributed by atoms with E-state index in [2.05, 4.69) is 9.98 Å². The molecule has 1 aliphatic rings. The topological polar surface area (TPSA) is 160 Å². The molecule has 0 atom stereocenters. The fourth-order valence-electron chi connectivity index (χ4n) is 1.02. The van der Waals surface area contributed by atoms with E-state index in [9.17, 15) is 14.2 Å². The van der Waals surface area contributed by atoms with Crippen LogP contribution in [0.5, 0.6) is 0 Å². The van der Waals surface area contributed by atoms with Crippen molar-refractivity contribution in [3.63, 3.8) is 0 Å². The van der Waals surface area contributed by atoms with Crippen LogP contribution >= 0.6 is 15.2 Å². The second-order valence-electron chi connectivity index (χ2n) is 3.11. The van der Waals surface area contributed by atoms with Crippen molar-refractivity contribution in [2.24, 2.45) is 9.98 Å². The molecule has 0 amide bonds. The summed E-state index contributed by atoms with van der Waals surface area (Å²) in [5.41, 5.74) is 0. The minimum Gasteiger partial charge on any atom is -0.367 e. The molecule has 0 saturated carbocycles. The van der Waals surface area contributed by atoms with Crippen molar-refractivity contribution in [2.45, 2.75) is 11.5 Å². The summed E-state index contributed by atoms with van der Waals surface area (Å²) < 4.78 is 21.9. The van der Waals surface area contributed by atoms with Gasteiger partial charge < -0.3 is 24.7 Å². The Morgan fingerprint density at radius 3 is 2.06 bits per heavy atom. The van der Waals surface area contributed by atoms with Crippen LogP contribution in [-0.2, 0) is 9.13 Å². The molecular weight excluding hydrogens is 262 g/mol. The lowest BCUT2D eigenvalue weighted by Crippen LogP contribution is -2.31. The Kier molecular flexibility index (Phi) is 3.52. The maximum Gasteiger partial charge on any atom is 0.369 e. The third kappa shape index (κ3) is 2.46. The van der Waals surface area contributed by atoms with Crippen LogP contribution < -0.4 is 0 Å². The number of amidine groups is 1. The highest BCUT2D eigenvalue weighted by Crippen LogP contribution is 2.69. The van der Waals surface area contributed by atoms with Crippen molar-refractivity contribution in [1.29, 1.82) is 0 Å². The van der Waals surface area contributed by atoms with Gasteiger partial charge in [0, 0.05) is 6.21 Å². The molecule has 1 aliphatic heterocycles. The van der Waals surface area contributed by atoms with E-state index in [1.807, 2.05) is 0 Å². The smallest absolute Gasteiger partial charge is 0.367 e. The van der Waals surface area contributed by atoms with Gasteiger partial charge in [-0.25, -0.2) is 4.99 Å². The van der Waals surface area contributed by atoms with Gasteiger partial charge in [0.15, 0.2) is 0 Å². The van der Waals surface area contributed by atoms with E-state index >= 15 is 0 Å². The molecule has 0 aliphatic carbocycles. The van der Waals surface area contributed by atoms with Gasteiger partial charge in [0.1, 0.15) is 5.84 Å². The van der Waals surface area contributed by atoms with Gasteiger partial charge in [0.05, 0.1) is 13.0 Å². The molecule has 0 spiro atoms. The quantitative estimate of drug-likeness (QED) is 0.404. The molecule has 0 aromatic heterocycles. The molecule has 0 aromatic carbocycles. The fraction of sp³-hybridized carbons (Fsp3) is 0.600. The number of hydrogen-bond acceptors (Lipinski definition) is 5. The highest BCUT2D eigenvalue weighted by molar-refractivity contribution is 7.72. The molecule has 0 radical (unpaired) electrons. The third-order valence-electron chi connectivity index (χ3n) is 1.92. The monoisotopic (exact) mass is 272 g/mol. The Bertz CT molecular complexity index is 410. The van der Waals surface area contributed by atoms with Crippen molar-refractivity contribution in [3.05, 3.63) is 0 Å². The zero-order valence-electron chi connectivity index (χ0n) is 7.83. The normalized spacial score (nSPS) is 17.7. The highest BCUT2D eigenvalue weighted by Gasteiger charge is 2.60. The minimum atomic E-state index is -5.42. The Morgan fingerprint density at radius 2 is 1.75 bits per heavy atom. The molecular formula is C5H10N2O7P2. The number of aliphatic imine (C=N–C) groups is 2. The van der Waals surface area contributed by atoms with Gasteiger partial charge in [-0.15, -0.1) is 0 Å². The maximum absolute atomic E-state index is 10.9. The molecule has 1 heterocycles. The Labute approximate surface area is 89.9 Å². The molecule has 0 bridgehead atoms. The van der Waals surface area contributed by atoms with Crippen LogP contribution in [0.3, 0.4) is 0 Å². The van der Waals surface area contributed by atoms with Crippen molar-refractivity contribution < 1.29 is 33.8 Å². The first-order valence-electron chi connectivity index (χ1n) is 3.97. The van der Waals surface area contributed by atoms with E-state index in [4.69, 9.17) is 19.6 Å². The van der Waals surface area contributed by atoms with E-state index in [1.165, 1.54) is 6.21 Å². The molecule has 0 aromatic rings. The first-order chi connectivity index (χ1) is 7.08. The number of hydrogen-bond donors (Lipinski definition) is 5. The molecule has 11 heteroatoms. The summed E-state index contributed by atoms with van der Waals surface area (Å²) in [5.74, 6) is -0.214. The average molecular weight is 272 g/mol. The second kappa shape index (κ2) is 4.12. The lowest BCUT2D eigenvalue weighted by Gasteiger charge is -2.28. The fourth-order valence-corrected chi connectivity index (χ4v) is 3.07. The first kappa shape index (κ1) is 13.7. The molecule has 1 rings (SSSR count). The van der Waals surface area contributed by atoms with Crippen LogP contribution in [0.1, 0.15) is 6.42 Å². The standard InChI is InChI=1S/C5H10N2O7P2/c8-5(15(9,10)11,16(12,13)14)3-4-6-1-2-7-4/h1,8H,2-3H2,(H2,9,10,11)(H2,12,13,14). The van der Waals surface area contributed by atoms with Gasteiger partial charge in [-0.1, -0.05) is 0 Å². The van der Waals surface area contributed by atoms with Gasteiger partial charge in [-0.3, -0.25) is 14.1 Å². The largest absolute Gasteiger partial charge is 0.369 e. The van der Waals surface area contributed by atoms with Crippen LogP contribution in [0.2, 0.25) is 0 Å². The lowest BCUT2D eigenvalue weighted by molar-refractivity contribution is 0.136. The van der Waals surface area contributed by atoms with Crippen LogP contribution in [-0.4, -0.2) is 48.4 Å². The Hall–Kier alpha value is -0.400. The lowest BCUT2D eigenvalue weighted by atomic mass is 10.4. The number of nitrogens with zero attached hydrogens (tertiary/aromatic N) is 2. The van der Waals surface area contributed by atoms with Gasteiger partial charge in [-0.05, 0) is 0 Å². The van der Waals surface area contributed by atoms with E-state index in [0.29, 0.717) is 0 Å². The summed E-state index contributed by atoms with van der Waals surface area (Å²) in [7, 11) is -10.8. The molecule has 0 saturated heterocycles. The van der Waals surface area contributed by atoms with E-state index in [1.54, 1.807) is 0 Å². The molecule has 9 nitrogen and oxygen atoms in total.